The Morgan fingerprint density at radius 2 is 1.83 bits per heavy atom. The summed E-state index contributed by atoms with van der Waals surface area (Å²) in [5.74, 6) is -1.46. The van der Waals surface area contributed by atoms with Crippen molar-refractivity contribution >= 4 is 34.1 Å². The van der Waals surface area contributed by atoms with Crippen LogP contribution < -0.4 is 15.4 Å². The van der Waals surface area contributed by atoms with Crippen molar-refractivity contribution in [3.63, 3.8) is 0 Å². The van der Waals surface area contributed by atoms with E-state index in [1.54, 1.807) is 0 Å². The van der Waals surface area contributed by atoms with Crippen LogP contribution in [-0.2, 0) is 6.18 Å². The minimum atomic E-state index is -5.05. The number of hydrogen-bond donors (Lipinski definition) is 1. The van der Waals surface area contributed by atoms with E-state index in [9.17, 15) is 22.0 Å². The highest BCUT2D eigenvalue weighted by Crippen LogP contribution is 2.43. The smallest absolute Gasteiger partial charge is 0.421 e. The number of pyridine rings is 1. The van der Waals surface area contributed by atoms with Crippen LogP contribution >= 0.6 is 11.6 Å². The van der Waals surface area contributed by atoms with Crippen molar-refractivity contribution in [2.24, 2.45) is 0 Å². The van der Waals surface area contributed by atoms with Crippen molar-refractivity contribution in [2.75, 3.05) is 43.4 Å². The van der Waals surface area contributed by atoms with Crippen LogP contribution in [0.15, 0.2) is 30.4 Å². The molecule has 1 aromatic carbocycles. The number of halogens is 6. The molecule has 6 rings (SSSR count). The van der Waals surface area contributed by atoms with Gasteiger partial charge in [0, 0.05) is 43.1 Å². The summed E-state index contributed by atoms with van der Waals surface area (Å²) >= 11 is 6.54. The van der Waals surface area contributed by atoms with Crippen LogP contribution in [0.25, 0.3) is 22.2 Å². The Morgan fingerprint density at radius 1 is 1.07 bits per heavy atom. The van der Waals surface area contributed by atoms with Gasteiger partial charge in [0.2, 0.25) is 0 Å². The maximum absolute atomic E-state index is 14.6. The molecule has 218 valence electrons. The van der Waals surface area contributed by atoms with Gasteiger partial charge in [0.05, 0.1) is 21.8 Å². The zero-order valence-electron chi connectivity index (χ0n) is 22.0. The molecule has 3 aromatic rings. The van der Waals surface area contributed by atoms with Gasteiger partial charge in [-0.3, -0.25) is 4.90 Å². The molecule has 0 aliphatic carbocycles. The van der Waals surface area contributed by atoms with E-state index in [1.807, 2.05) is 4.90 Å². The molecule has 41 heavy (non-hydrogen) atoms. The molecular formula is C28H28ClF5N6O. The van der Waals surface area contributed by atoms with Crippen LogP contribution in [0.5, 0.6) is 6.01 Å². The van der Waals surface area contributed by atoms with Gasteiger partial charge >= 0.3 is 12.2 Å². The first-order valence-corrected chi connectivity index (χ1v) is 13.9. The van der Waals surface area contributed by atoms with Gasteiger partial charge in [-0.05, 0) is 44.4 Å². The minimum absolute atomic E-state index is 0.0178. The Kier molecular flexibility index (Phi) is 7.17. The van der Waals surface area contributed by atoms with E-state index in [0.717, 1.165) is 32.2 Å². The zero-order chi connectivity index (χ0) is 28.9. The second-order valence-electron chi connectivity index (χ2n) is 10.8. The summed E-state index contributed by atoms with van der Waals surface area (Å²) in [6.07, 6.45) is 1.79. The summed E-state index contributed by atoms with van der Waals surface area (Å²) in [6, 6.07) is 3.34. The third-order valence-corrected chi connectivity index (χ3v) is 8.41. The zero-order valence-corrected chi connectivity index (χ0v) is 22.8. The lowest BCUT2D eigenvalue weighted by Gasteiger charge is -2.31. The highest BCUT2D eigenvalue weighted by Gasteiger charge is 2.49. The van der Waals surface area contributed by atoms with E-state index >= 15 is 0 Å². The quantitative estimate of drug-likeness (QED) is 0.278. The number of hydrogen-bond acceptors (Lipinski definition) is 7. The van der Waals surface area contributed by atoms with E-state index in [1.165, 1.54) is 12.1 Å². The molecule has 2 atom stereocenters. The van der Waals surface area contributed by atoms with Crippen LogP contribution in [0.4, 0.5) is 33.6 Å². The molecule has 0 radical (unpaired) electrons. The molecule has 2 aromatic heterocycles. The number of fused-ring (bicyclic) bond motifs is 2. The van der Waals surface area contributed by atoms with Crippen molar-refractivity contribution in [2.45, 2.75) is 50.0 Å². The number of nitrogen functional groups attached to an aromatic ring is 1. The summed E-state index contributed by atoms with van der Waals surface area (Å²) in [4.78, 5) is 17.2. The molecule has 5 heterocycles. The fraction of sp³-hybridized carbons (Fsp3) is 0.464. The van der Waals surface area contributed by atoms with Crippen LogP contribution in [0.2, 0.25) is 5.02 Å². The number of ether oxygens (including phenoxy) is 1. The van der Waals surface area contributed by atoms with Crippen molar-refractivity contribution in [1.82, 2.24) is 19.9 Å². The summed E-state index contributed by atoms with van der Waals surface area (Å²) in [6.45, 7) is 2.62. The Balaban J connectivity index is 1.47. The Hall–Kier alpha value is -3.25. The number of rotatable bonds is 5. The van der Waals surface area contributed by atoms with Crippen LogP contribution in [0, 0.1) is 5.82 Å². The third kappa shape index (κ3) is 5.27. The first-order valence-electron chi connectivity index (χ1n) is 13.5. The first kappa shape index (κ1) is 27.9. The van der Waals surface area contributed by atoms with E-state index in [-0.39, 0.29) is 28.7 Å². The van der Waals surface area contributed by atoms with Gasteiger partial charge in [0.15, 0.2) is 0 Å². The minimum Gasteiger partial charge on any atom is -0.461 e. The number of anilines is 2. The SMILES string of the molecule is Nc1cc(F)c(C(F)(F)F)c(-c2cc3nc(OCC45CCCN4CC(F)C5)nc(N4CCC=CCC4)c3cc2Cl)n1. The second kappa shape index (κ2) is 10.5. The molecule has 7 nitrogen and oxygen atoms in total. The maximum Gasteiger partial charge on any atom is 0.421 e. The van der Waals surface area contributed by atoms with Crippen LogP contribution in [-0.4, -0.2) is 64.3 Å². The summed E-state index contributed by atoms with van der Waals surface area (Å²) in [5.41, 5.74) is 2.95. The number of nitrogens with zero attached hydrogens (tertiary/aromatic N) is 5. The molecule has 0 spiro atoms. The Labute approximate surface area is 238 Å². The average Bonchev–Trinajstić information content (AvgIpc) is 3.27. The molecule has 2 N–H and O–H groups in total. The molecule has 3 aliphatic rings. The monoisotopic (exact) mass is 594 g/mol. The predicted molar refractivity (Wildman–Crippen MR) is 146 cm³/mol. The fourth-order valence-electron chi connectivity index (χ4n) is 6.26. The lowest BCUT2D eigenvalue weighted by molar-refractivity contribution is -0.139. The van der Waals surface area contributed by atoms with Gasteiger partial charge in [0.25, 0.3) is 0 Å². The van der Waals surface area contributed by atoms with Gasteiger partial charge in [-0.15, -0.1) is 0 Å². The highest BCUT2D eigenvalue weighted by atomic mass is 35.5. The largest absolute Gasteiger partial charge is 0.461 e. The number of benzene rings is 1. The normalized spacial score (nSPS) is 23.3. The lowest BCUT2D eigenvalue weighted by atomic mass is 9.95. The molecule has 0 saturated carbocycles. The van der Waals surface area contributed by atoms with Gasteiger partial charge in [0.1, 0.15) is 35.8 Å². The third-order valence-electron chi connectivity index (χ3n) is 8.10. The highest BCUT2D eigenvalue weighted by molar-refractivity contribution is 6.34. The van der Waals surface area contributed by atoms with Gasteiger partial charge in [-0.1, -0.05) is 23.8 Å². The topological polar surface area (TPSA) is 80.4 Å². The summed E-state index contributed by atoms with van der Waals surface area (Å²) in [5, 5.41) is 0.406. The van der Waals surface area contributed by atoms with Gasteiger partial charge in [-0.25, -0.2) is 13.8 Å². The number of alkyl halides is 4. The van der Waals surface area contributed by atoms with Crippen LogP contribution in [0.1, 0.15) is 37.7 Å². The van der Waals surface area contributed by atoms with E-state index < -0.39 is 40.8 Å². The van der Waals surface area contributed by atoms with Crippen molar-refractivity contribution in [3.8, 4) is 17.3 Å². The fourth-order valence-corrected chi connectivity index (χ4v) is 6.52. The molecule has 2 saturated heterocycles. The average molecular weight is 595 g/mol. The second-order valence-corrected chi connectivity index (χ2v) is 11.2. The number of aromatic nitrogens is 3. The molecule has 0 amide bonds. The number of nitrogens with two attached hydrogens (primary N) is 1. The van der Waals surface area contributed by atoms with Crippen molar-refractivity contribution in [1.29, 1.82) is 0 Å². The molecule has 3 aliphatic heterocycles. The van der Waals surface area contributed by atoms with E-state index in [2.05, 4.69) is 27.0 Å². The van der Waals surface area contributed by atoms with Crippen molar-refractivity contribution in [3.05, 3.63) is 46.8 Å². The summed E-state index contributed by atoms with van der Waals surface area (Å²) in [7, 11) is 0. The standard InChI is InChI=1S/C28H28ClF5N6O/c29-19-10-18-21(11-17(19)24-23(28(32,33)34)20(31)12-22(35)37-24)36-26(38-25(18)39-7-3-1-2-4-8-39)41-15-27-6-5-9-40(27)14-16(30)13-27/h1-2,10-12,16H,3-9,13-15H2,(H2,35,37). The van der Waals surface area contributed by atoms with E-state index in [4.69, 9.17) is 27.1 Å². The molecular weight excluding hydrogens is 567 g/mol. The first-order chi connectivity index (χ1) is 19.5. The maximum atomic E-state index is 14.6. The van der Waals surface area contributed by atoms with Crippen molar-refractivity contribution < 1.29 is 26.7 Å². The molecule has 2 unspecified atom stereocenters. The molecule has 2 fully saturated rings. The molecule has 0 bridgehead atoms. The Morgan fingerprint density at radius 3 is 2.56 bits per heavy atom. The predicted octanol–water partition coefficient (Wildman–Crippen LogP) is 6.20. The molecule has 13 heteroatoms. The Bertz CT molecular complexity index is 1510. The lowest BCUT2D eigenvalue weighted by Crippen LogP contribution is -2.43. The summed E-state index contributed by atoms with van der Waals surface area (Å²) < 4.78 is 76.7. The van der Waals surface area contributed by atoms with Gasteiger partial charge in [-0.2, -0.15) is 23.1 Å². The van der Waals surface area contributed by atoms with E-state index in [0.29, 0.717) is 43.3 Å². The van der Waals surface area contributed by atoms with Crippen LogP contribution in [0.3, 0.4) is 0 Å². The van der Waals surface area contributed by atoms with Gasteiger partial charge < -0.3 is 15.4 Å².